The van der Waals surface area contributed by atoms with Gasteiger partial charge in [-0.3, -0.25) is 19.4 Å². The predicted octanol–water partition coefficient (Wildman–Crippen LogP) is 9.33. The van der Waals surface area contributed by atoms with Gasteiger partial charge in [0, 0.05) is 67.3 Å². The Hall–Kier alpha value is -4.39. The number of nitrogens with zero attached hydrogens (tertiary/aromatic N) is 3. The van der Waals surface area contributed by atoms with E-state index in [1.54, 1.807) is 13.8 Å². The third kappa shape index (κ3) is 11.7. The lowest BCUT2D eigenvalue weighted by Gasteiger charge is -2.43. The van der Waals surface area contributed by atoms with Crippen LogP contribution in [0.25, 0.3) is 0 Å². The van der Waals surface area contributed by atoms with Crippen LogP contribution in [0.15, 0.2) is 77.4 Å². The van der Waals surface area contributed by atoms with Crippen LogP contribution in [0, 0.1) is 6.92 Å². The number of para-hydroxylation sites is 1. The summed E-state index contributed by atoms with van der Waals surface area (Å²) >= 11 is 0. The Bertz CT molecular complexity index is 1920. The summed E-state index contributed by atoms with van der Waals surface area (Å²) in [4.78, 5) is 62.1. The first kappa shape index (κ1) is 48.3. The molecule has 60 heavy (non-hydrogen) atoms. The number of amides is 3. The highest BCUT2D eigenvalue weighted by molar-refractivity contribution is 6.70. The van der Waals surface area contributed by atoms with E-state index < -0.39 is 31.9 Å². The molecule has 0 spiro atoms. The van der Waals surface area contributed by atoms with Gasteiger partial charge < -0.3 is 23.9 Å². The summed E-state index contributed by atoms with van der Waals surface area (Å²) in [5.74, 6) is -1.80. The number of imide groups is 1. The number of unbranched alkanes of at least 4 members (excludes halogenated alkanes) is 2. The second kappa shape index (κ2) is 20.4. The molecule has 0 unspecified atom stereocenters. The number of carbonyl (C=O) groups is 4. The number of hydroxylamine groups is 2. The van der Waals surface area contributed by atoms with Gasteiger partial charge in [-0.05, 0) is 79.6 Å². The number of rotatable bonds is 21. The van der Waals surface area contributed by atoms with Crippen LogP contribution in [-0.2, 0) is 43.7 Å². The summed E-state index contributed by atoms with van der Waals surface area (Å²) in [5, 5.41) is 3.56. The fraction of sp³-hybridized carbons (Fsp3) is 0.562. The SMILES string of the molecule is Cc1ccccc1C(C)(C)C(/C=C/C=C1/N(C)c2ccccc2C1(C)C)=NCCCCCC(=O)NCCO[Si](OC(C)(C)CC(=O)ON1C(=O)CCC1=O)(C(C)C)C(C)C. The molecule has 2 aromatic rings. The Labute approximate surface area is 360 Å². The summed E-state index contributed by atoms with van der Waals surface area (Å²) in [6.07, 6.45) is 9.33. The van der Waals surface area contributed by atoms with Crippen LogP contribution in [0.3, 0.4) is 0 Å². The van der Waals surface area contributed by atoms with Crippen LogP contribution in [0.2, 0.25) is 11.1 Å². The maximum Gasteiger partial charge on any atom is 0.343 e. The van der Waals surface area contributed by atoms with Crippen molar-refractivity contribution >= 4 is 43.7 Å². The lowest BCUT2D eigenvalue weighted by Crippen LogP contribution is -2.54. The largest absolute Gasteiger partial charge is 0.392 e. The van der Waals surface area contributed by atoms with Crippen molar-refractivity contribution in [2.45, 2.75) is 149 Å². The van der Waals surface area contributed by atoms with Crippen molar-refractivity contribution in [1.29, 1.82) is 0 Å². The van der Waals surface area contributed by atoms with E-state index in [4.69, 9.17) is 18.7 Å². The first-order valence-corrected chi connectivity index (χ1v) is 23.6. The maximum absolute atomic E-state index is 12.9. The lowest BCUT2D eigenvalue weighted by molar-refractivity contribution is -0.199. The van der Waals surface area contributed by atoms with Gasteiger partial charge in [-0.25, -0.2) is 4.79 Å². The van der Waals surface area contributed by atoms with E-state index in [1.807, 2.05) is 27.7 Å². The molecular formula is C48H70N4O7Si. The van der Waals surface area contributed by atoms with Gasteiger partial charge in [0.25, 0.3) is 11.8 Å². The predicted molar refractivity (Wildman–Crippen MR) is 242 cm³/mol. The number of carbonyl (C=O) groups excluding carboxylic acids is 4. The topological polar surface area (TPSA) is 127 Å². The molecule has 1 fully saturated rings. The number of hydrogen-bond acceptors (Lipinski definition) is 9. The maximum atomic E-state index is 12.9. The second-order valence-electron chi connectivity index (χ2n) is 18.4. The van der Waals surface area contributed by atoms with Crippen molar-refractivity contribution in [1.82, 2.24) is 10.4 Å². The van der Waals surface area contributed by atoms with Gasteiger partial charge in [0.2, 0.25) is 5.91 Å². The van der Waals surface area contributed by atoms with Crippen molar-refractivity contribution in [2.24, 2.45) is 4.99 Å². The van der Waals surface area contributed by atoms with Crippen molar-refractivity contribution in [3.05, 3.63) is 89.1 Å². The molecule has 2 aliphatic heterocycles. The molecule has 328 valence electrons. The standard InChI is InChI=1S/C48H70N4O7Si/c1-34(2)60(35(3)4,59-46(6,7)33-45(56)58-52-43(54)28-29-44(52)55)57-32-31-50-42(53)27-14-13-19-30-49-40(47(8,9)37-22-16-15-21-36(37)5)25-20-26-41-48(10,11)38-23-17-18-24-39(38)51(41)12/h15-18,20-26,34-35H,13-14,19,27-33H2,1-12H3,(H,50,53)/b25-20+,41-26+,49-40?. The number of aryl methyl sites for hydroxylation is 1. The summed E-state index contributed by atoms with van der Waals surface area (Å²) in [7, 11) is -0.818. The molecule has 0 aromatic heterocycles. The number of likely N-dealkylation sites (N-methyl/N-ethyl adjacent to an activating group) is 1. The van der Waals surface area contributed by atoms with Crippen LogP contribution in [0.4, 0.5) is 5.69 Å². The fourth-order valence-electron chi connectivity index (χ4n) is 8.54. The van der Waals surface area contributed by atoms with Crippen molar-refractivity contribution in [3.63, 3.8) is 0 Å². The molecule has 4 rings (SSSR count). The highest BCUT2D eigenvalue weighted by Crippen LogP contribution is 2.46. The lowest BCUT2D eigenvalue weighted by atomic mass is 9.77. The first-order chi connectivity index (χ1) is 28.1. The molecule has 0 atom stereocenters. The van der Waals surface area contributed by atoms with Crippen molar-refractivity contribution in [2.75, 3.05) is 31.6 Å². The van der Waals surface area contributed by atoms with E-state index in [1.165, 1.54) is 28.1 Å². The molecule has 11 nitrogen and oxygen atoms in total. The van der Waals surface area contributed by atoms with Gasteiger partial charge in [-0.15, -0.1) is 5.06 Å². The number of allylic oxidation sites excluding steroid dienone is 4. The zero-order valence-corrected chi connectivity index (χ0v) is 39.3. The number of anilines is 1. The molecule has 2 aromatic carbocycles. The van der Waals surface area contributed by atoms with Gasteiger partial charge in [-0.1, -0.05) is 110 Å². The third-order valence-electron chi connectivity index (χ3n) is 11.8. The van der Waals surface area contributed by atoms with E-state index in [0.29, 0.717) is 24.6 Å². The number of aliphatic imine (C=N–C) groups is 1. The minimum atomic E-state index is -2.95. The van der Waals surface area contributed by atoms with E-state index in [0.717, 1.165) is 25.0 Å². The van der Waals surface area contributed by atoms with Gasteiger partial charge in [-0.2, -0.15) is 0 Å². The van der Waals surface area contributed by atoms with Crippen molar-refractivity contribution < 1.29 is 32.9 Å². The molecule has 3 amide bonds. The summed E-state index contributed by atoms with van der Waals surface area (Å²) < 4.78 is 13.2. The fourth-order valence-corrected chi connectivity index (χ4v) is 12.4. The Morgan fingerprint density at radius 2 is 1.57 bits per heavy atom. The van der Waals surface area contributed by atoms with E-state index in [-0.39, 0.29) is 53.7 Å². The molecule has 1 N–H and O–H groups in total. The average Bonchev–Trinajstić information content (AvgIpc) is 3.58. The molecule has 0 bridgehead atoms. The van der Waals surface area contributed by atoms with Crippen LogP contribution < -0.4 is 10.2 Å². The van der Waals surface area contributed by atoms with Crippen molar-refractivity contribution in [3.8, 4) is 0 Å². The average molecular weight is 843 g/mol. The van der Waals surface area contributed by atoms with E-state index in [9.17, 15) is 19.2 Å². The van der Waals surface area contributed by atoms with E-state index in [2.05, 4.69) is 119 Å². The minimum Gasteiger partial charge on any atom is -0.392 e. The van der Waals surface area contributed by atoms with Crippen LogP contribution in [0.1, 0.15) is 131 Å². The van der Waals surface area contributed by atoms with Crippen LogP contribution in [0.5, 0.6) is 0 Å². The summed E-state index contributed by atoms with van der Waals surface area (Å²) in [5.41, 5.74) is 5.96. The molecule has 2 aliphatic rings. The normalized spacial score (nSPS) is 16.8. The zero-order valence-electron chi connectivity index (χ0n) is 38.3. The van der Waals surface area contributed by atoms with Crippen LogP contribution in [-0.4, -0.2) is 75.4 Å². The Morgan fingerprint density at radius 3 is 2.20 bits per heavy atom. The van der Waals surface area contributed by atoms with Crippen LogP contribution >= 0.6 is 0 Å². The number of benzene rings is 2. The Kier molecular flexibility index (Phi) is 16.5. The number of fused-ring (bicyclic) bond motifs is 1. The molecule has 0 radical (unpaired) electrons. The zero-order chi connectivity index (χ0) is 44.5. The van der Waals surface area contributed by atoms with Gasteiger partial charge in [0.05, 0.1) is 18.6 Å². The Morgan fingerprint density at radius 1 is 0.933 bits per heavy atom. The molecule has 0 aliphatic carbocycles. The van der Waals surface area contributed by atoms with Gasteiger partial charge >= 0.3 is 14.5 Å². The Balaban J connectivity index is 1.29. The van der Waals surface area contributed by atoms with Gasteiger partial charge in [0.1, 0.15) is 0 Å². The highest BCUT2D eigenvalue weighted by atomic mass is 28.4. The quantitative estimate of drug-likeness (QED) is 0.0571. The molecule has 12 heteroatoms. The number of nitrogens with one attached hydrogen (secondary N) is 1. The molecule has 2 heterocycles. The summed E-state index contributed by atoms with van der Waals surface area (Å²) in [6, 6.07) is 17.1. The highest BCUT2D eigenvalue weighted by Gasteiger charge is 2.49. The van der Waals surface area contributed by atoms with E-state index >= 15 is 0 Å². The molecule has 1 saturated heterocycles. The summed E-state index contributed by atoms with van der Waals surface area (Å²) in [6.45, 7) is 24.2. The second-order valence-corrected chi connectivity index (χ2v) is 22.7. The molecule has 0 saturated carbocycles. The molecular weight excluding hydrogens is 773 g/mol. The van der Waals surface area contributed by atoms with Gasteiger partial charge in [0.15, 0.2) is 0 Å². The smallest absolute Gasteiger partial charge is 0.343 e. The third-order valence-corrected chi connectivity index (χ3v) is 16.6. The monoisotopic (exact) mass is 843 g/mol. The minimum absolute atomic E-state index is 0.0298. The number of hydrogen-bond donors (Lipinski definition) is 1. The first-order valence-electron chi connectivity index (χ1n) is 21.6.